The standard InChI is InChI=1S/C18H28O3/c1-14(18(2,3)4)17(20)16(19)11-8-12-21-13-15-9-6-5-7-10-15/h5-7,9-10,16-17,19-20H,1,8,11-13H2,2-4H3. The molecular formula is C18H28O3. The Morgan fingerprint density at radius 2 is 1.81 bits per heavy atom. The second-order valence-electron chi connectivity index (χ2n) is 6.47. The van der Waals surface area contributed by atoms with Crippen molar-refractivity contribution in [2.45, 2.75) is 52.4 Å². The Hall–Kier alpha value is -1.16. The highest BCUT2D eigenvalue weighted by atomic mass is 16.5. The van der Waals surface area contributed by atoms with Gasteiger partial charge in [-0.05, 0) is 29.4 Å². The number of ether oxygens (including phenoxy) is 1. The van der Waals surface area contributed by atoms with Crippen LogP contribution in [0.15, 0.2) is 42.5 Å². The third-order valence-corrected chi connectivity index (χ3v) is 3.58. The molecule has 0 aliphatic heterocycles. The molecule has 2 unspecified atom stereocenters. The van der Waals surface area contributed by atoms with Gasteiger partial charge in [-0.3, -0.25) is 0 Å². The van der Waals surface area contributed by atoms with E-state index in [0.717, 1.165) is 5.56 Å². The zero-order valence-corrected chi connectivity index (χ0v) is 13.4. The summed E-state index contributed by atoms with van der Waals surface area (Å²) in [6.45, 7) is 11.0. The minimum Gasteiger partial charge on any atom is -0.390 e. The van der Waals surface area contributed by atoms with Gasteiger partial charge in [-0.15, -0.1) is 0 Å². The van der Waals surface area contributed by atoms with E-state index in [1.165, 1.54) is 0 Å². The maximum absolute atomic E-state index is 10.1. The number of hydrogen-bond acceptors (Lipinski definition) is 3. The Balaban J connectivity index is 2.21. The van der Waals surface area contributed by atoms with Crippen molar-refractivity contribution in [3.63, 3.8) is 0 Å². The van der Waals surface area contributed by atoms with Crippen molar-refractivity contribution in [3.8, 4) is 0 Å². The molecule has 1 rings (SSSR count). The number of aliphatic hydroxyl groups excluding tert-OH is 2. The molecule has 3 nitrogen and oxygen atoms in total. The molecule has 1 aromatic carbocycles. The molecule has 1 aromatic rings. The third-order valence-electron chi connectivity index (χ3n) is 3.58. The van der Waals surface area contributed by atoms with Gasteiger partial charge in [-0.2, -0.15) is 0 Å². The molecule has 118 valence electrons. The Morgan fingerprint density at radius 1 is 1.19 bits per heavy atom. The summed E-state index contributed by atoms with van der Waals surface area (Å²) in [6.07, 6.45) is -0.441. The Labute approximate surface area is 128 Å². The largest absolute Gasteiger partial charge is 0.390 e. The number of rotatable bonds is 8. The summed E-state index contributed by atoms with van der Waals surface area (Å²) in [7, 11) is 0. The Morgan fingerprint density at radius 3 is 2.38 bits per heavy atom. The van der Waals surface area contributed by atoms with Gasteiger partial charge in [0.15, 0.2) is 0 Å². The smallest absolute Gasteiger partial charge is 0.101 e. The molecule has 0 aromatic heterocycles. The van der Waals surface area contributed by atoms with Crippen molar-refractivity contribution in [1.82, 2.24) is 0 Å². The number of aliphatic hydroxyl groups is 2. The average molecular weight is 292 g/mol. The van der Waals surface area contributed by atoms with Crippen LogP contribution in [-0.4, -0.2) is 29.0 Å². The van der Waals surface area contributed by atoms with E-state index >= 15 is 0 Å². The van der Waals surface area contributed by atoms with Crippen molar-refractivity contribution in [2.24, 2.45) is 5.41 Å². The van der Waals surface area contributed by atoms with Crippen LogP contribution in [0.25, 0.3) is 0 Å². The van der Waals surface area contributed by atoms with Crippen molar-refractivity contribution in [1.29, 1.82) is 0 Å². The molecule has 2 atom stereocenters. The fourth-order valence-electron chi connectivity index (χ4n) is 1.99. The first-order chi connectivity index (χ1) is 9.82. The second-order valence-corrected chi connectivity index (χ2v) is 6.47. The van der Waals surface area contributed by atoms with Gasteiger partial charge in [0.1, 0.15) is 6.10 Å². The van der Waals surface area contributed by atoms with Crippen LogP contribution in [0, 0.1) is 5.41 Å². The average Bonchev–Trinajstić information content (AvgIpc) is 2.45. The highest BCUT2D eigenvalue weighted by Crippen LogP contribution is 2.28. The minimum atomic E-state index is -0.876. The van der Waals surface area contributed by atoms with E-state index in [9.17, 15) is 10.2 Å². The van der Waals surface area contributed by atoms with E-state index in [-0.39, 0.29) is 5.41 Å². The predicted octanol–water partition coefficient (Wildman–Crippen LogP) is 3.31. The van der Waals surface area contributed by atoms with Crippen LogP contribution in [0.3, 0.4) is 0 Å². The molecule has 0 aliphatic rings. The molecular weight excluding hydrogens is 264 g/mol. The van der Waals surface area contributed by atoms with Crippen LogP contribution >= 0.6 is 0 Å². The predicted molar refractivity (Wildman–Crippen MR) is 85.9 cm³/mol. The highest BCUT2D eigenvalue weighted by molar-refractivity contribution is 5.13. The molecule has 0 amide bonds. The normalized spacial score (nSPS) is 14.7. The molecule has 21 heavy (non-hydrogen) atoms. The zero-order valence-electron chi connectivity index (χ0n) is 13.4. The zero-order chi connectivity index (χ0) is 15.9. The highest BCUT2D eigenvalue weighted by Gasteiger charge is 2.26. The lowest BCUT2D eigenvalue weighted by atomic mass is 9.82. The molecule has 0 fully saturated rings. The maximum Gasteiger partial charge on any atom is 0.101 e. The van der Waals surface area contributed by atoms with E-state index in [1.54, 1.807) is 0 Å². The van der Waals surface area contributed by atoms with E-state index in [0.29, 0.717) is 31.6 Å². The van der Waals surface area contributed by atoms with Gasteiger partial charge in [0.05, 0.1) is 12.7 Å². The first-order valence-electron chi connectivity index (χ1n) is 7.49. The summed E-state index contributed by atoms with van der Waals surface area (Å²) in [5, 5.41) is 20.1. The van der Waals surface area contributed by atoms with Gasteiger partial charge in [-0.1, -0.05) is 57.7 Å². The first-order valence-corrected chi connectivity index (χ1v) is 7.49. The van der Waals surface area contributed by atoms with Crippen molar-refractivity contribution < 1.29 is 14.9 Å². The van der Waals surface area contributed by atoms with E-state index in [1.807, 2.05) is 51.1 Å². The van der Waals surface area contributed by atoms with Gasteiger partial charge in [0.25, 0.3) is 0 Å². The monoisotopic (exact) mass is 292 g/mol. The van der Waals surface area contributed by atoms with Gasteiger partial charge < -0.3 is 14.9 Å². The summed E-state index contributed by atoms with van der Waals surface area (Å²) in [4.78, 5) is 0. The van der Waals surface area contributed by atoms with Gasteiger partial charge in [-0.25, -0.2) is 0 Å². The summed E-state index contributed by atoms with van der Waals surface area (Å²) in [5.41, 5.74) is 1.60. The Bertz CT molecular complexity index is 420. The third kappa shape index (κ3) is 6.42. The first kappa shape index (κ1) is 17.9. The molecule has 0 saturated carbocycles. The molecule has 3 heteroatoms. The lowest BCUT2D eigenvalue weighted by molar-refractivity contribution is 0.0185. The van der Waals surface area contributed by atoms with Crippen molar-refractivity contribution in [3.05, 3.63) is 48.0 Å². The molecule has 0 heterocycles. The summed E-state index contributed by atoms with van der Waals surface area (Å²) >= 11 is 0. The molecule has 0 bridgehead atoms. The summed E-state index contributed by atoms with van der Waals surface area (Å²) in [6, 6.07) is 9.98. The quantitative estimate of drug-likeness (QED) is 0.571. The van der Waals surface area contributed by atoms with E-state index in [2.05, 4.69) is 6.58 Å². The summed E-state index contributed by atoms with van der Waals surface area (Å²) < 4.78 is 5.56. The Kier molecular flexibility index (Phi) is 7.09. The molecule has 0 spiro atoms. The van der Waals surface area contributed by atoms with Crippen LogP contribution in [0.5, 0.6) is 0 Å². The lowest BCUT2D eigenvalue weighted by Crippen LogP contribution is -2.32. The molecule has 0 saturated heterocycles. The maximum atomic E-state index is 10.1. The van der Waals surface area contributed by atoms with E-state index in [4.69, 9.17) is 4.74 Å². The topological polar surface area (TPSA) is 49.7 Å². The van der Waals surface area contributed by atoms with Gasteiger partial charge >= 0.3 is 0 Å². The number of benzene rings is 1. The van der Waals surface area contributed by atoms with Crippen LogP contribution in [-0.2, 0) is 11.3 Å². The van der Waals surface area contributed by atoms with Crippen molar-refractivity contribution in [2.75, 3.05) is 6.61 Å². The fraction of sp³-hybridized carbons (Fsp3) is 0.556. The minimum absolute atomic E-state index is 0.204. The van der Waals surface area contributed by atoms with Gasteiger partial charge in [0, 0.05) is 6.61 Å². The van der Waals surface area contributed by atoms with Crippen LogP contribution in [0.4, 0.5) is 0 Å². The van der Waals surface area contributed by atoms with Crippen LogP contribution < -0.4 is 0 Å². The summed E-state index contributed by atoms with van der Waals surface area (Å²) in [5.74, 6) is 0. The molecule has 0 radical (unpaired) electrons. The molecule has 0 aliphatic carbocycles. The van der Waals surface area contributed by atoms with E-state index < -0.39 is 12.2 Å². The molecule has 2 N–H and O–H groups in total. The second kappa shape index (κ2) is 8.32. The van der Waals surface area contributed by atoms with Gasteiger partial charge in [0.2, 0.25) is 0 Å². The van der Waals surface area contributed by atoms with Crippen molar-refractivity contribution >= 4 is 0 Å². The van der Waals surface area contributed by atoms with Crippen LogP contribution in [0.1, 0.15) is 39.2 Å². The van der Waals surface area contributed by atoms with Crippen LogP contribution in [0.2, 0.25) is 0 Å². The SMILES string of the molecule is C=C(C(O)C(O)CCCOCc1ccccc1)C(C)(C)C. The fourth-order valence-corrected chi connectivity index (χ4v) is 1.99. The lowest BCUT2D eigenvalue weighted by Gasteiger charge is -2.29. The number of hydrogen-bond donors (Lipinski definition) is 2.